The van der Waals surface area contributed by atoms with Gasteiger partial charge < -0.3 is 4.90 Å². The fourth-order valence-corrected chi connectivity index (χ4v) is 7.73. The van der Waals surface area contributed by atoms with Gasteiger partial charge in [-0.2, -0.15) is 4.99 Å². The van der Waals surface area contributed by atoms with E-state index in [1.54, 1.807) is 0 Å². The molecule has 4 rings (SSSR count). The molecule has 2 aromatic carbocycles. The van der Waals surface area contributed by atoms with Gasteiger partial charge >= 0.3 is 0 Å². The molecule has 2 atom stereocenters. The van der Waals surface area contributed by atoms with E-state index in [9.17, 15) is 13.2 Å². The summed E-state index contributed by atoms with van der Waals surface area (Å²) in [5, 5.41) is 0.483. The van der Waals surface area contributed by atoms with Crippen LogP contribution in [0.1, 0.15) is 5.56 Å². The Morgan fingerprint density at radius 2 is 1.93 bits per heavy atom. The molecule has 2 heterocycles. The van der Waals surface area contributed by atoms with Crippen LogP contribution in [0.4, 0.5) is 5.69 Å². The Balaban J connectivity index is 1.65. The molecule has 2 aliphatic rings. The van der Waals surface area contributed by atoms with Crippen molar-refractivity contribution in [2.24, 2.45) is 4.99 Å². The maximum absolute atomic E-state index is 12.5. The number of nitrogens with zero attached hydrogens (tertiary/aromatic N) is 2. The Hall–Kier alpha value is -1.64. The second-order valence-corrected chi connectivity index (χ2v) is 10.9. The number of amidine groups is 1. The molecule has 0 radical (unpaired) electrons. The van der Waals surface area contributed by atoms with Crippen LogP contribution >= 0.6 is 27.7 Å². The van der Waals surface area contributed by atoms with Crippen molar-refractivity contribution in [2.75, 3.05) is 16.4 Å². The molecule has 0 aromatic heterocycles. The molecule has 0 N–H and O–H groups in total. The number of amides is 1. The lowest BCUT2D eigenvalue weighted by Gasteiger charge is -2.24. The lowest BCUT2D eigenvalue weighted by molar-refractivity contribution is -0.117. The Morgan fingerprint density at radius 3 is 2.67 bits per heavy atom. The van der Waals surface area contributed by atoms with E-state index in [1.807, 2.05) is 59.5 Å². The summed E-state index contributed by atoms with van der Waals surface area (Å²) in [6.45, 7) is 0. The fourth-order valence-electron chi connectivity index (χ4n) is 3.41. The summed E-state index contributed by atoms with van der Waals surface area (Å²) in [6, 6.07) is 16.9. The zero-order chi connectivity index (χ0) is 19.0. The second-order valence-electron chi connectivity index (χ2n) is 6.60. The summed E-state index contributed by atoms with van der Waals surface area (Å²) in [7, 11) is -3.07. The number of carbonyl (C=O) groups excluding carboxylic acids is 1. The van der Waals surface area contributed by atoms with E-state index in [-0.39, 0.29) is 35.1 Å². The molecule has 5 nitrogen and oxygen atoms in total. The third kappa shape index (κ3) is 4.12. The first-order chi connectivity index (χ1) is 12.9. The molecule has 0 aliphatic carbocycles. The van der Waals surface area contributed by atoms with E-state index in [0.717, 1.165) is 15.7 Å². The van der Waals surface area contributed by atoms with Gasteiger partial charge in [0.05, 0.1) is 24.0 Å². The van der Waals surface area contributed by atoms with Crippen LogP contribution in [-0.2, 0) is 21.1 Å². The van der Waals surface area contributed by atoms with Crippen LogP contribution in [0.3, 0.4) is 0 Å². The zero-order valence-corrected chi connectivity index (χ0v) is 17.5. The molecule has 8 heteroatoms. The number of rotatable bonds is 3. The summed E-state index contributed by atoms with van der Waals surface area (Å²) in [6.07, 6.45) is 0.227. The van der Waals surface area contributed by atoms with Crippen molar-refractivity contribution in [3.8, 4) is 0 Å². The van der Waals surface area contributed by atoms with Crippen LogP contribution in [0.5, 0.6) is 0 Å². The Morgan fingerprint density at radius 1 is 1.15 bits per heavy atom. The number of anilines is 1. The number of sulfone groups is 1. The fraction of sp³-hybridized carbons (Fsp3) is 0.263. The van der Waals surface area contributed by atoms with Gasteiger partial charge in [-0.05, 0) is 23.8 Å². The summed E-state index contributed by atoms with van der Waals surface area (Å²) >= 11 is 4.85. The Bertz CT molecular complexity index is 1010. The molecule has 2 aliphatic heterocycles. The third-order valence-electron chi connectivity index (χ3n) is 4.57. The Labute approximate surface area is 170 Å². The molecule has 1 amide bonds. The zero-order valence-electron chi connectivity index (χ0n) is 14.3. The lowest BCUT2D eigenvalue weighted by atomic mass is 10.1. The number of hydrogen-bond acceptors (Lipinski definition) is 4. The highest BCUT2D eigenvalue weighted by Crippen LogP contribution is 2.41. The van der Waals surface area contributed by atoms with E-state index < -0.39 is 9.84 Å². The number of halogens is 1. The van der Waals surface area contributed by atoms with Gasteiger partial charge in [0.15, 0.2) is 15.0 Å². The predicted molar refractivity (Wildman–Crippen MR) is 113 cm³/mol. The van der Waals surface area contributed by atoms with E-state index in [1.165, 1.54) is 11.8 Å². The van der Waals surface area contributed by atoms with Gasteiger partial charge in [-0.25, -0.2) is 8.42 Å². The number of thioether (sulfide) groups is 1. The number of hydrogen-bond donors (Lipinski definition) is 0. The molecular formula is C19H17BrN2O3S2. The van der Waals surface area contributed by atoms with Crippen molar-refractivity contribution in [3.63, 3.8) is 0 Å². The highest BCUT2D eigenvalue weighted by Gasteiger charge is 2.49. The quantitative estimate of drug-likeness (QED) is 0.696. The topological polar surface area (TPSA) is 66.8 Å². The van der Waals surface area contributed by atoms with Crippen LogP contribution in [0.25, 0.3) is 0 Å². The minimum absolute atomic E-state index is 0.0864. The van der Waals surface area contributed by atoms with Crippen molar-refractivity contribution in [1.82, 2.24) is 0 Å². The van der Waals surface area contributed by atoms with Gasteiger partial charge in [0.2, 0.25) is 0 Å². The molecule has 2 unspecified atom stereocenters. The molecule has 2 saturated heterocycles. The van der Waals surface area contributed by atoms with E-state index >= 15 is 0 Å². The van der Waals surface area contributed by atoms with Gasteiger partial charge in [-0.3, -0.25) is 4.79 Å². The molecule has 2 fully saturated rings. The van der Waals surface area contributed by atoms with Crippen molar-refractivity contribution in [3.05, 3.63) is 64.6 Å². The molecule has 27 heavy (non-hydrogen) atoms. The number of fused-ring (bicyclic) bond motifs is 1. The molecular weight excluding hydrogens is 448 g/mol. The maximum atomic E-state index is 12.5. The first kappa shape index (κ1) is 18.7. The van der Waals surface area contributed by atoms with Gasteiger partial charge in [0.25, 0.3) is 5.91 Å². The van der Waals surface area contributed by atoms with Crippen LogP contribution in [0.15, 0.2) is 64.1 Å². The molecule has 0 bridgehead atoms. The monoisotopic (exact) mass is 464 g/mol. The second kappa shape index (κ2) is 7.41. The Kier molecular flexibility index (Phi) is 5.13. The van der Waals surface area contributed by atoms with Gasteiger partial charge in [0, 0.05) is 15.4 Å². The first-order valence-corrected chi connectivity index (χ1v) is 12.0. The summed E-state index contributed by atoms with van der Waals surface area (Å²) in [5.74, 6) is -0.0199. The van der Waals surface area contributed by atoms with Crippen molar-refractivity contribution < 1.29 is 13.2 Å². The maximum Gasteiger partial charge on any atom is 0.252 e. The van der Waals surface area contributed by atoms with Crippen molar-refractivity contribution in [2.45, 2.75) is 17.7 Å². The molecule has 0 spiro atoms. The van der Waals surface area contributed by atoms with Gasteiger partial charge in [-0.15, -0.1) is 0 Å². The smallest absolute Gasteiger partial charge is 0.252 e. The minimum Gasteiger partial charge on any atom is -0.316 e. The molecule has 2 aromatic rings. The molecule has 0 saturated carbocycles. The standard InChI is InChI=1S/C19H17BrN2O3S2/c20-14-7-4-8-15(10-14)22-16-11-27(24,25)12-17(16)26-19(22)21-18(23)9-13-5-2-1-3-6-13/h1-8,10,16-17H,9,11-12H2. The van der Waals surface area contributed by atoms with Crippen molar-refractivity contribution in [1.29, 1.82) is 0 Å². The highest BCUT2D eigenvalue weighted by molar-refractivity contribution is 9.10. The van der Waals surface area contributed by atoms with Crippen LogP contribution < -0.4 is 4.90 Å². The van der Waals surface area contributed by atoms with E-state index in [4.69, 9.17) is 0 Å². The van der Waals surface area contributed by atoms with Crippen LogP contribution in [0, 0.1) is 0 Å². The number of carbonyl (C=O) groups is 1. The first-order valence-electron chi connectivity index (χ1n) is 8.49. The number of benzene rings is 2. The molecule has 140 valence electrons. The normalized spacial score (nSPS) is 24.9. The summed E-state index contributed by atoms with van der Waals surface area (Å²) in [4.78, 5) is 18.8. The van der Waals surface area contributed by atoms with E-state index in [2.05, 4.69) is 20.9 Å². The minimum atomic E-state index is -3.07. The van der Waals surface area contributed by atoms with Gasteiger partial charge in [0.1, 0.15) is 0 Å². The largest absolute Gasteiger partial charge is 0.316 e. The van der Waals surface area contributed by atoms with Gasteiger partial charge in [-0.1, -0.05) is 64.1 Å². The highest BCUT2D eigenvalue weighted by atomic mass is 79.9. The van der Waals surface area contributed by atoms with Crippen LogP contribution in [-0.4, -0.2) is 42.3 Å². The van der Waals surface area contributed by atoms with Crippen molar-refractivity contribution >= 4 is 54.3 Å². The average Bonchev–Trinajstić information content (AvgIpc) is 3.06. The predicted octanol–water partition coefficient (Wildman–Crippen LogP) is 3.29. The number of aliphatic imine (C=N–C) groups is 1. The SMILES string of the molecule is O=C(Cc1ccccc1)N=C1SC2CS(=O)(=O)CC2N1c1cccc(Br)c1. The van der Waals surface area contributed by atoms with Crippen LogP contribution in [0.2, 0.25) is 0 Å². The summed E-state index contributed by atoms with van der Waals surface area (Å²) < 4.78 is 25.1. The van der Waals surface area contributed by atoms with E-state index in [0.29, 0.717) is 5.17 Å². The summed E-state index contributed by atoms with van der Waals surface area (Å²) in [5.41, 5.74) is 1.75. The lowest BCUT2D eigenvalue weighted by Crippen LogP contribution is -2.37. The average molecular weight is 465 g/mol. The third-order valence-corrected chi connectivity index (χ3v) is 8.27.